The highest BCUT2D eigenvalue weighted by Gasteiger charge is 2.41. The van der Waals surface area contributed by atoms with Crippen molar-refractivity contribution in [1.82, 2.24) is 10.2 Å². The molecule has 4 N–H and O–H groups in total. The van der Waals surface area contributed by atoms with Crippen LogP contribution in [0.1, 0.15) is 48.0 Å². The molecule has 1 aliphatic heterocycles. The second-order valence-electron chi connectivity index (χ2n) is 10.7. The molecule has 9 heteroatoms. The zero-order chi connectivity index (χ0) is 25.8. The molecule has 0 bridgehead atoms. The van der Waals surface area contributed by atoms with E-state index in [1.165, 1.54) is 17.0 Å². The van der Waals surface area contributed by atoms with Crippen molar-refractivity contribution < 1.29 is 23.5 Å². The van der Waals surface area contributed by atoms with Crippen molar-refractivity contribution in [3.05, 3.63) is 29.8 Å². The van der Waals surface area contributed by atoms with Crippen molar-refractivity contribution in [2.45, 2.75) is 65.6 Å². The molecule has 192 valence electrons. The standard InChI is InChI=1S/C25H40F2N4O3/c1-15(2)11-29-24(34)17(16(3)4)10-21(32)19(28)12-30-13-22(33)31(14-25(30,5)6)20-9-7-8-18(26)23(20)27/h7-9,15-17,19,21,32H,10-14,28H2,1-6H3,(H,29,34)/t17-,19-,21-/m0/s1. The van der Waals surface area contributed by atoms with Crippen LogP contribution in [0.4, 0.5) is 14.5 Å². The van der Waals surface area contributed by atoms with Crippen LogP contribution in [0.25, 0.3) is 0 Å². The molecule has 0 radical (unpaired) electrons. The molecule has 1 aromatic rings. The highest BCUT2D eigenvalue weighted by Crippen LogP contribution is 2.29. The lowest BCUT2D eigenvalue weighted by Gasteiger charge is -2.47. The molecule has 1 heterocycles. The monoisotopic (exact) mass is 482 g/mol. The van der Waals surface area contributed by atoms with Gasteiger partial charge in [0.15, 0.2) is 11.6 Å². The molecule has 3 atom stereocenters. The molecule has 7 nitrogen and oxygen atoms in total. The Morgan fingerprint density at radius 2 is 1.88 bits per heavy atom. The summed E-state index contributed by atoms with van der Waals surface area (Å²) in [6.45, 7) is 12.6. The van der Waals surface area contributed by atoms with Crippen LogP contribution in [-0.2, 0) is 9.59 Å². The van der Waals surface area contributed by atoms with E-state index in [0.29, 0.717) is 12.5 Å². The molecule has 1 aliphatic rings. The van der Waals surface area contributed by atoms with E-state index in [0.717, 1.165) is 6.07 Å². The molecule has 1 fully saturated rings. The molecule has 1 saturated heterocycles. The first kappa shape index (κ1) is 28.1. The molecule has 0 aromatic heterocycles. The summed E-state index contributed by atoms with van der Waals surface area (Å²) in [7, 11) is 0. The summed E-state index contributed by atoms with van der Waals surface area (Å²) in [4.78, 5) is 28.6. The van der Waals surface area contributed by atoms with Gasteiger partial charge in [-0.05, 0) is 44.2 Å². The first-order valence-electron chi connectivity index (χ1n) is 11.9. The number of halogens is 2. The number of hydrogen-bond acceptors (Lipinski definition) is 5. The van der Waals surface area contributed by atoms with Gasteiger partial charge >= 0.3 is 0 Å². The number of amides is 2. The van der Waals surface area contributed by atoms with Gasteiger partial charge in [0, 0.05) is 37.1 Å². The van der Waals surface area contributed by atoms with Gasteiger partial charge in [-0.2, -0.15) is 0 Å². The normalized spacial score (nSPS) is 19.4. The zero-order valence-electron chi connectivity index (χ0n) is 21.1. The summed E-state index contributed by atoms with van der Waals surface area (Å²) < 4.78 is 28.0. The van der Waals surface area contributed by atoms with E-state index in [-0.39, 0.29) is 55.4 Å². The van der Waals surface area contributed by atoms with E-state index in [2.05, 4.69) is 5.32 Å². The number of nitrogens with one attached hydrogen (secondary N) is 1. The Labute approximate surface area is 201 Å². The fourth-order valence-corrected chi connectivity index (χ4v) is 4.20. The number of nitrogens with zero attached hydrogens (tertiary/aromatic N) is 2. The largest absolute Gasteiger partial charge is 0.391 e. The molecule has 0 spiro atoms. The Hall–Kier alpha value is -2.10. The van der Waals surface area contributed by atoms with Crippen LogP contribution in [0.5, 0.6) is 0 Å². The SMILES string of the molecule is CC(C)CNC(=O)[C@@H](C[C@H](O)[C@@H](N)CN1CC(=O)N(c2cccc(F)c2F)CC1(C)C)C(C)C. The second kappa shape index (κ2) is 11.6. The lowest BCUT2D eigenvalue weighted by atomic mass is 9.86. The van der Waals surface area contributed by atoms with Crippen LogP contribution in [0, 0.1) is 29.4 Å². The number of benzene rings is 1. The molecular weight excluding hydrogens is 442 g/mol. The minimum Gasteiger partial charge on any atom is -0.391 e. The van der Waals surface area contributed by atoms with Crippen molar-refractivity contribution in [2.24, 2.45) is 23.5 Å². The number of carbonyl (C=O) groups excluding carboxylic acids is 2. The van der Waals surface area contributed by atoms with Crippen LogP contribution in [0.3, 0.4) is 0 Å². The summed E-state index contributed by atoms with van der Waals surface area (Å²) in [5.74, 6) is -2.58. The number of rotatable bonds is 10. The van der Waals surface area contributed by atoms with Crippen molar-refractivity contribution >= 4 is 17.5 Å². The van der Waals surface area contributed by atoms with Crippen LogP contribution >= 0.6 is 0 Å². The third kappa shape index (κ3) is 6.96. The number of piperazine rings is 1. The minimum absolute atomic E-state index is 0.0248. The maximum Gasteiger partial charge on any atom is 0.241 e. The summed E-state index contributed by atoms with van der Waals surface area (Å²) in [5, 5.41) is 13.7. The topological polar surface area (TPSA) is 98.9 Å². The van der Waals surface area contributed by atoms with Gasteiger partial charge in [-0.15, -0.1) is 0 Å². The molecule has 2 amide bonds. The number of nitrogens with two attached hydrogens (primary N) is 1. The van der Waals surface area contributed by atoms with Gasteiger partial charge in [0.1, 0.15) is 0 Å². The fraction of sp³-hybridized carbons (Fsp3) is 0.680. The minimum atomic E-state index is -1.05. The zero-order valence-corrected chi connectivity index (χ0v) is 21.1. The Morgan fingerprint density at radius 1 is 1.24 bits per heavy atom. The quantitative estimate of drug-likeness (QED) is 0.476. The van der Waals surface area contributed by atoms with Crippen molar-refractivity contribution in [3.8, 4) is 0 Å². The van der Waals surface area contributed by atoms with Crippen LogP contribution in [-0.4, -0.2) is 65.7 Å². The van der Waals surface area contributed by atoms with Gasteiger partial charge in [-0.3, -0.25) is 14.5 Å². The van der Waals surface area contributed by atoms with Crippen molar-refractivity contribution in [3.63, 3.8) is 0 Å². The van der Waals surface area contributed by atoms with Crippen LogP contribution in [0.15, 0.2) is 18.2 Å². The molecule has 0 saturated carbocycles. The molecule has 2 rings (SSSR count). The smallest absolute Gasteiger partial charge is 0.241 e. The number of aliphatic hydroxyl groups excluding tert-OH is 1. The van der Waals surface area contributed by atoms with Gasteiger partial charge < -0.3 is 21.1 Å². The third-order valence-corrected chi connectivity index (χ3v) is 6.50. The predicted octanol–water partition coefficient (Wildman–Crippen LogP) is 2.51. The highest BCUT2D eigenvalue weighted by molar-refractivity contribution is 5.96. The Balaban J connectivity index is 2.06. The van der Waals surface area contributed by atoms with Gasteiger partial charge in [-0.1, -0.05) is 33.8 Å². The molecule has 34 heavy (non-hydrogen) atoms. The van der Waals surface area contributed by atoms with E-state index in [1.54, 1.807) is 0 Å². The van der Waals surface area contributed by atoms with E-state index < -0.39 is 29.3 Å². The highest BCUT2D eigenvalue weighted by atomic mass is 19.2. The van der Waals surface area contributed by atoms with E-state index in [9.17, 15) is 23.5 Å². The number of hydrogen-bond donors (Lipinski definition) is 3. The Bertz CT molecular complexity index is 863. The first-order valence-corrected chi connectivity index (χ1v) is 11.9. The van der Waals surface area contributed by atoms with E-state index in [4.69, 9.17) is 5.73 Å². The van der Waals surface area contributed by atoms with Crippen LogP contribution in [0.2, 0.25) is 0 Å². The second-order valence-corrected chi connectivity index (χ2v) is 10.7. The van der Waals surface area contributed by atoms with E-state index >= 15 is 0 Å². The van der Waals surface area contributed by atoms with Gasteiger partial charge in [-0.25, -0.2) is 8.78 Å². The Morgan fingerprint density at radius 3 is 2.47 bits per heavy atom. The number of aliphatic hydroxyl groups is 1. The molecule has 0 aliphatic carbocycles. The summed E-state index contributed by atoms with van der Waals surface area (Å²) in [6.07, 6.45) is -0.729. The fourth-order valence-electron chi connectivity index (χ4n) is 4.20. The predicted molar refractivity (Wildman–Crippen MR) is 129 cm³/mol. The third-order valence-electron chi connectivity index (χ3n) is 6.50. The molecule has 1 aromatic carbocycles. The average Bonchev–Trinajstić information content (AvgIpc) is 2.74. The Kier molecular flexibility index (Phi) is 9.56. The maximum absolute atomic E-state index is 14.3. The first-order chi connectivity index (χ1) is 15.7. The summed E-state index contributed by atoms with van der Waals surface area (Å²) in [6, 6.07) is 3.07. The number of carbonyl (C=O) groups is 2. The lowest BCUT2D eigenvalue weighted by Crippen LogP contribution is -2.64. The molecule has 0 unspecified atom stereocenters. The maximum atomic E-state index is 14.3. The van der Waals surface area contributed by atoms with Crippen molar-refractivity contribution in [2.75, 3.05) is 31.1 Å². The lowest BCUT2D eigenvalue weighted by molar-refractivity contribution is -0.127. The molecular formula is C25H40F2N4O3. The van der Waals surface area contributed by atoms with Gasteiger partial charge in [0.05, 0.1) is 18.3 Å². The van der Waals surface area contributed by atoms with Gasteiger partial charge in [0.2, 0.25) is 11.8 Å². The van der Waals surface area contributed by atoms with Gasteiger partial charge in [0.25, 0.3) is 0 Å². The van der Waals surface area contributed by atoms with Crippen LogP contribution < -0.4 is 16.0 Å². The van der Waals surface area contributed by atoms with E-state index in [1.807, 2.05) is 46.4 Å². The van der Waals surface area contributed by atoms with Crippen molar-refractivity contribution in [1.29, 1.82) is 0 Å². The average molecular weight is 483 g/mol. The summed E-state index contributed by atoms with van der Waals surface area (Å²) >= 11 is 0. The number of anilines is 1. The summed E-state index contributed by atoms with van der Waals surface area (Å²) in [5.41, 5.74) is 5.63.